The van der Waals surface area contributed by atoms with Crippen molar-refractivity contribution in [2.45, 2.75) is 25.2 Å². The van der Waals surface area contributed by atoms with E-state index in [0.29, 0.717) is 16.4 Å². The number of halogens is 1. The molecule has 12 heteroatoms. The fraction of sp³-hybridized carbons (Fsp3) is 0.185. The Balaban J connectivity index is 1.32. The number of amides is 1. The number of hydrogen-bond donors (Lipinski definition) is 2. The van der Waals surface area contributed by atoms with Crippen molar-refractivity contribution in [1.29, 1.82) is 0 Å². The van der Waals surface area contributed by atoms with Crippen molar-refractivity contribution >= 4 is 23.4 Å². The fourth-order valence-electron chi connectivity index (χ4n) is 5.03. The molecule has 196 valence electrons. The molecule has 1 unspecified atom stereocenters. The van der Waals surface area contributed by atoms with Gasteiger partial charge in [0.2, 0.25) is 5.69 Å². The molecule has 6 rings (SSSR count). The quantitative estimate of drug-likeness (QED) is 0.243. The van der Waals surface area contributed by atoms with Gasteiger partial charge in [0.05, 0.1) is 24.7 Å². The zero-order chi connectivity index (χ0) is 26.9. The van der Waals surface area contributed by atoms with Crippen LogP contribution in [-0.2, 0) is 11.2 Å². The van der Waals surface area contributed by atoms with Gasteiger partial charge in [0.25, 0.3) is 0 Å². The van der Waals surface area contributed by atoms with Crippen molar-refractivity contribution in [3.8, 4) is 28.1 Å². The SMILES string of the molecule is COC(=O)Nc1ccc(-c2cnc(C3CCCc4cc(-c5cc(Cl)ccc5-n5cnnn5)c[n+]([O-])c43)[nH]2)cc1. The molecule has 1 aliphatic rings. The van der Waals surface area contributed by atoms with Crippen LogP contribution < -0.4 is 10.0 Å². The molecule has 39 heavy (non-hydrogen) atoms. The number of carbonyl (C=O) groups is 1. The first kappa shape index (κ1) is 24.6. The van der Waals surface area contributed by atoms with Crippen LogP contribution in [0.1, 0.15) is 35.8 Å². The summed E-state index contributed by atoms with van der Waals surface area (Å²) in [4.78, 5) is 19.5. The summed E-state index contributed by atoms with van der Waals surface area (Å²) < 4.78 is 7.13. The minimum Gasteiger partial charge on any atom is -0.618 e. The second kappa shape index (κ2) is 10.2. The molecule has 0 radical (unpaired) electrons. The largest absolute Gasteiger partial charge is 0.618 e. The third kappa shape index (κ3) is 4.79. The predicted molar refractivity (Wildman–Crippen MR) is 143 cm³/mol. The third-order valence-electron chi connectivity index (χ3n) is 6.84. The first-order valence-electron chi connectivity index (χ1n) is 12.3. The number of tetrazole rings is 1. The lowest BCUT2D eigenvalue weighted by Gasteiger charge is -2.23. The number of H-pyrrole nitrogens is 1. The number of aryl methyl sites for hydroxylation is 1. The molecular weight excluding hydrogens is 520 g/mol. The third-order valence-corrected chi connectivity index (χ3v) is 7.08. The summed E-state index contributed by atoms with van der Waals surface area (Å²) in [5.41, 5.74) is 6.22. The number of nitrogens with zero attached hydrogens (tertiary/aromatic N) is 6. The molecule has 0 spiro atoms. The first-order valence-corrected chi connectivity index (χ1v) is 12.7. The van der Waals surface area contributed by atoms with E-state index in [1.807, 2.05) is 30.3 Å². The zero-order valence-electron chi connectivity index (χ0n) is 20.8. The van der Waals surface area contributed by atoms with E-state index in [1.54, 1.807) is 35.3 Å². The normalized spacial score (nSPS) is 14.6. The van der Waals surface area contributed by atoms with Crippen LogP contribution in [0.25, 0.3) is 28.1 Å². The Morgan fingerprint density at radius 3 is 2.82 bits per heavy atom. The molecule has 1 atom stereocenters. The van der Waals surface area contributed by atoms with Crippen LogP contribution >= 0.6 is 11.6 Å². The van der Waals surface area contributed by atoms with Crippen molar-refractivity contribution in [3.05, 3.63) is 94.6 Å². The highest BCUT2D eigenvalue weighted by molar-refractivity contribution is 6.31. The van der Waals surface area contributed by atoms with Crippen molar-refractivity contribution in [2.75, 3.05) is 12.4 Å². The molecule has 1 amide bonds. The maximum Gasteiger partial charge on any atom is 0.411 e. The van der Waals surface area contributed by atoms with Gasteiger partial charge in [0, 0.05) is 27.4 Å². The van der Waals surface area contributed by atoms with E-state index in [1.165, 1.54) is 13.4 Å². The summed E-state index contributed by atoms with van der Waals surface area (Å²) in [6.07, 6.45) is 6.82. The maximum atomic E-state index is 13.5. The van der Waals surface area contributed by atoms with E-state index < -0.39 is 6.09 Å². The van der Waals surface area contributed by atoms with Gasteiger partial charge in [-0.1, -0.05) is 23.7 Å². The number of carbonyl (C=O) groups excluding carboxylic acids is 1. The minimum absolute atomic E-state index is 0.173. The van der Waals surface area contributed by atoms with E-state index in [2.05, 4.69) is 35.5 Å². The summed E-state index contributed by atoms with van der Waals surface area (Å²) in [6.45, 7) is 0. The summed E-state index contributed by atoms with van der Waals surface area (Å²) in [5.74, 6) is 0.560. The summed E-state index contributed by atoms with van der Waals surface area (Å²) in [6, 6.07) is 14.8. The van der Waals surface area contributed by atoms with Gasteiger partial charge in [0.1, 0.15) is 18.1 Å². The number of aromatic amines is 1. The zero-order valence-corrected chi connectivity index (χ0v) is 21.6. The van der Waals surface area contributed by atoms with E-state index >= 15 is 0 Å². The molecular formula is C27H23ClN8O3. The Morgan fingerprint density at radius 2 is 2.05 bits per heavy atom. The topological polar surface area (TPSA) is 138 Å². The summed E-state index contributed by atoms with van der Waals surface area (Å²) in [7, 11) is 1.32. The number of fused-ring (bicyclic) bond motifs is 1. The van der Waals surface area contributed by atoms with Gasteiger partial charge < -0.3 is 14.9 Å². The van der Waals surface area contributed by atoms with Gasteiger partial charge >= 0.3 is 6.09 Å². The lowest BCUT2D eigenvalue weighted by molar-refractivity contribution is -0.615. The summed E-state index contributed by atoms with van der Waals surface area (Å²) >= 11 is 6.32. The number of benzene rings is 2. The number of methoxy groups -OCH3 is 1. The maximum absolute atomic E-state index is 13.5. The van der Waals surface area contributed by atoms with Crippen LogP contribution in [-0.4, -0.2) is 43.4 Å². The Hall–Kier alpha value is -4.77. The highest BCUT2D eigenvalue weighted by Crippen LogP contribution is 2.37. The number of nitrogens with one attached hydrogen (secondary N) is 2. The molecule has 2 N–H and O–H groups in total. The molecule has 0 saturated carbocycles. The van der Waals surface area contributed by atoms with Crippen molar-refractivity contribution in [2.24, 2.45) is 0 Å². The Morgan fingerprint density at radius 1 is 1.21 bits per heavy atom. The minimum atomic E-state index is -0.529. The van der Waals surface area contributed by atoms with E-state index in [-0.39, 0.29) is 5.92 Å². The number of imidazole rings is 1. The van der Waals surface area contributed by atoms with Crippen LogP contribution in [0.4, 0.5) is 10.5 Å². The van der Waals surface area contributed by atoms with E-state index in [9.17, 15) is 10.0 Å². The lowest BCUT2D eigenvalue weighted by Crippen LogP contribution is -2.37. The van der Waals surface area contributed by atoms with Crippen LogP contribution in [0.15, 0.2) is 67.3 Å². The van der Waals surface area contributed by atoms with Crippen molar-refractivity contribution in [1.82, 2.24) is 30.2 Å². The van der Waals surface area contributed by atoms with Crippen LogP contribution in [0.5, 0.6) is 0 Å². The molecule has 0 saturated heterocycles. The standard InChI is InChI=1S/C27H23ClN8O3/c1-39-27(37)31-20-8-5-16(6-9-20)23-13-29-26(32-23)21-4-2-3-17-11-18(14-36(38)25(17)21)22-12-19(28)7-10-24(22)35-15-30-33-34-35/h5-15,21H,2-4H2,1H3,(H,29,32)(H,31,37). The number of pyridine rings is 1. The fourth-order valence-corrected chi connectivity index (χ4v) is 5.21. The number of anilines is 1. The molecule has 0 fully saturated rings. The van der Waals surface area contributed by atoms with Gasteiger partial charge in [-0.25, -0.2) is 9.78 Å². The van der Waals surface area contributed by atoms with E-state index in [4.69, 9.17) is 11.6 Å². The number of rotatable bonds is 5. The van der Waals surface area contributed by atoms with Gasteiger partial charge in [0.15, 0.2) is 6.20 Å². The van der Waals surface area contributed by atoms with Gasteiger partial charge in [-0.3, -0.25) is 5.32 Å². The molecule has 5 aromatic rings. The molecule has 3 heterocycles. The van der Waals surface area contributed by atoms with Crippen LogP contribution in [0, 0.1) is 5.21 Å². The van der Waals surface area contributed by atoms with Gasteiger partial charge in [-0.15, -0.1) is 5.10 Å². The molecule has 1 aliphatic carbocycles. The molecule has 3 aromatic heterocycles. The highest BCUT2D eigenvalue weighted by atomic mass is 35.5. The Kier molecular flexibility index (Phi) is 6.41. The highest BCUT2D eigenvalue weighted by Gasteiger charge is 2.32. The van der Waals surface area contributed by atoms with Gasteiger partial charge in [-0.05, 0) is 71.7 Å². The monoisotopic (exact) mass is 542 g/mol. The smallest absolute Gasteiger partial charge is 0.411 e. The number of aromatic nitrogens is 7. The van der Waals surface area contributed by atoms with Crippen molar-refractivity contribution in [3.63, 3.8) is 0 Å². The predicted octanol–water partition coefficient (Wildman–Crippen LogP) is 4.65. The van der Waals surface area contributed by atoms with Crippen LogP contribution in [0.3, 0.4) is 0 Å². The Labute approximate surface area is 228 Å². The molecule has 2 aromatic carbocycles. The molecule has 11 nitrogen and oxygen atoms in total. The summed E-state index contributed by atoms with van der Waals surface area (Å²) in [5, 5.41) is 28.1. The van der Waals surface area contributed by atoms with Crippen molar-refractivity contribution < 1.29 is 14.3 Å². The first-order chi connectivity index (χ1) is 19.0. The average Bonchev–Trinajstić information content (AvgIpc) is 3.66. The van der Waals surface area contributed by atoms with Gasteiger partial charge in [-0.2, -0.15) is 9.41 Å². The van der Waals surface area contributed by atoms with E-state index in [0.717, 1.165) is 63.5 Å². The number of ether oxygens (including phenoxy) is 1. The second-order valence-electron chi connectivity index (χ2n) is 9.20. The lowest BCUT2D eigenvalue weighted by atomic mass is 9.85. The second-order valence-corrected chi connectivity index (χ2v) is 9.64. The number of hydrogen-bond acceptors (Lipinski definition) is 7. The average molecular weight is 543 g/mol. The Bertz CT molecular complexity index is 1650. The molecule has 0 aliphatic heterocycles. The molecule has 0 bridgehead atoms. The van der Waals surface area contributed by atoms with Crippen LogP contribution in [0.2, 0.25) is 5.02 Å².